The molecule has 0 spiro atoms. The van der Waals surface area contributed by atoms with E-state index in [4.69, 9.17) is 4.74 Å². The number of benzene rings is 1. The van der Waals surface area contributed by atoms with Crippen LogP contribution >= 0.6 is 15.3 Å². The van der Waals surface area contributed by atoms with Crippen molar-refractivity contribution in [3.8, 4) is 5.75 Å². The molecular formula is C10H13BrOSi. The Balaban J connectivity index is 2.87. The van der Waals surface area contributed by atoms with Crippen molar-refractivity contribution in [2.24, 2.45) is 0 Å². The molecule has 2 radical (unpaired) electrons. The summed E-state index contributed by atoms with van der Waals surface area (Å²) in [4.78, 5) is 0. The van der Waals surface area contributed by atoms with E-state index in [1.807, 2.05) is 18.2 Å². The lowest BCUT2D eigenvalue weighted by atomic mass is 10.2. The number of hydrogen-bond donors (Lipinski definition) is 0. The van der Waals surface area contributed by atoms with Gasteiger partial charge in [-0.25, -0.2) is 0 Å². The SMILES string of the molecule is CC(C)(C)Oc1ccccc1[Si]Br. The van der Waals surface area contributed by atoms with Crippen LogP contribution in [0.4, 0.5) is 0 Å². The van der Waals surface area contributed by atoms with Crippen molar-refractivity contribution in [3.05, 3.63) is 24.3 Å². The molecular weight excluding hydrogens is 244 g/mol. The third kappa shape index (κ3) is 3.52. The molecule has 0 unspecified atom stereocenters. The molecule has 0 aromatic heterocycles. The highest BCUT2D eigenvalue weighted by Gasteiger charge is 2.13. The molecule has 1 aromatic rings. The molecule has 0 aliphatic heterocycles. The van der Waals surface area contributed by atoms with E-state index in [0.29, 0.717) is 8.14 Å². The Bertz CT molecular complexity index is 280. The molecule has 0 heterocycles. The van der Waals surface area contributed by atoms with Gasteiger partial charge in [-0.15, -0.1) is 15.3 Å². The van der Waals surface area contributed by atoms with Crippen molar-refractivity contribution in [2.45, 2.75) is 26.4 Å². The second-order valence-electron chi connectivity index (χ2n) is 3.81. The predicted molar refractivity (Wildman–Crippen MR) is 61.1 cm³/mol. The summed E-state index contributed by atoms with van der Waals surface area (Å²) in [5, 5.41) is 1.22. The fourth-order valence-electron chi connectivity index (χ4n) is 0.964. The van der Waals surface area contributed by atoms with Gasteiger partial charge >= 0.3 is 0 Å². The third-order valence-electron chi connectivity index (χ3n) is 1.41. The van der Waals surface area contributed by atoms with Gasteiger partial charge in [0, 0.05) is 0 Å². The fraction of sp³-hybridized carbons (Fsp3) is 0.400. The molecule has 0 amide bonds. The number of halogens is 1. The minimum absolute atomic E-state index is 0.122. The predicted octanol–water partition coefficient (Wildman–Crippen LogP) is 2.50. The van der Waals surface area contributed by atoms with E-state index in [1.54, 1.807) is 0 Å². The zero-order valence-corrected chi connectivity index (χ0v) is 10.7. The van der Waals surface area contributed by atoms with E-state index in [2.05, 4.69) is 42.1 Å². The summed E-state index contributed by atoms with van der Waals surface area (Å²) in [5.41, 5.74) is -0.122. The Morgan fingerprint density at radius 3 is 2.38 bits per heavy atom. The molecule has 13 heavy (non-hydrogen) atoms. The van der Waals surface area contributed by atoms with Gasteiger partial charge in [0.15, 0.2) is 8.14 Å². The Labute approximate surface area is 89.9 Å². The highest BCUT2D eigenvalue weighted by molar-refractivity contribution is 9.23. The molecule has 0 aliphatic carbocycles. The summed E-state index contributed by atoms with van der Waals surface area (Å²) in [6, 6.07) is 8.11. The van der Waals surface area contributed by atoms with Crippen molar-refractivity contribution in [1.29, 1.82) is 0 Å². The van der Waals surface area contributed by atoms with Crippen LogP contribution in [-0.4, -0.2) is 13.7 Å². The van der Waals surface area contributed by atoms with Gasteiger partial charge in [-0.2, -0.15) is 0 Å². The van der Waals surface area contributed by atoms with Crippen molar-refractivity contribution in [2.75, 3.05) is 0 Å². The van der Waals surface area contributed by atoms with Crippen molar-refractivity contribution < 1.29 is 4.74 Å². The Kier molecular flexibility index (Phi) is 3.56. The Morgan fingerprint density at radius 1 is 1.23 bits per heavy atom. The van der Waals surface area contributed by atoms with Crippen LogP contribution in [0.3, 0.4) is 0 Å². The molecule has 0 atom stereocenters. The summed E-state index contributed by atoms with van der Waals surface area (Å²) < 4.78 is 5.80. The van der Waals surface area contributed by atoms with Gasteiger partial charge in [-0.05, 0) is 32.0 Å². The van der Waals surface area contributed by atoms with Crippen LogP contribution < -0.4 is 9.92 Å². The molecule has 0 fully saturated rings. The first-order valence-corrected chi connectivity index (χ1v) is 7.43. The fourth-order valence-corrected chi connectivity index (χ4v) is 2.33. The lowest BCUT2D eigenvalue weighted by Gasteiger charge is -2.22. The minimum atomic E-state index is -0.122. The highest BCUT2D eigenvalue weighted by Crippen LogP contribution is 2.15. The Morgan fingerprint density at radius 2 is 1.85 bits per heavy atom. The van der Waals surface area contributed by atoms with Crippen LogP contribution in [0.2, 0.25) is 0 Å². The zero-order chi connectivity index (χ0) is 9.90. The van der Waals surface area contributed by atoms with Crippen LogP contribution in [0.1, 0.15) is 20.8 Å². The van der Waals surface area contributed by atoms with Crippen molar-refractivity contribution in [3.63, 3.8) is 0 Å². The van der Waals surface area contributed by atoms with Crippen LogP contribution in [-0.2, 0) is 0 Å². The second kappa shape index (κ2) is 4.29. The van der Waals surface area contributed by atoms with E-state index in [-0.39, 0.29) is 5.60 Å². The molecule has 0 aliphatic rings. The average molecular weight is 257 g/mol. The molecule has 0 saturated carbocycles. The molecule has 3 heteroatoms. The Hall–Kier alpha value is -0.283. The van der Waals surface area contributed by atoms with Gasteiger partial charge in [0.25, 0.3) is 0 Å². The summed E-state index contributed by atoms with van der Waals surface area (Å²) in [7, 11) is 0.602. The minimum Gasteiger partial charge on any atom is -0.488 e. The quantitative estimate of drug-likeness (QED) is 0.584. The lowest BCUT2D eigenvalue weighted by molar-refractivity contribution is 0.132. The first kappa shape index (κ1) is 10.8. The van der Waals surface area contributed by atoms with Gasteiger partial charge in [-0.1, -0.05) is 18.2 Å². The van der Waals surface area contributed by atoms with Crippen LogP contribution in [0, 0.1) is 0 Å². The number of ether oxygens (including phenoxy) is 1. The molecule has 1 aromatic carbocycles. The van der Waals surface area contributed by atoms with Crippen molar-refractivity contribution >= 4 is 28.6 Å². The van der Waals surface area contributed by atoms with E-state index in [0.717, 1.165) is 5.75 Å². The largest absolute Gasteiger partial charge is 0.488 e. The molecule has 0 saturated heterocycles. The summed E-state index contributed by atoms with van der Waals surface area (Å²) >= 11 is 3.46. The first-order valence-electron chi connectivity index (χ1n) is 4.17. The summed E-state index contributed by atoms with van der Waals surface area (Å²) in [5.74, 6) is 0.977. The maximum Gasteiger partial charge on any atom is 0.180 e. The van der Waals surface area contributed by atoms with E-state index < -0.39 is 0 Å². The first-order chi connectivity index (χ1) is 6.03. The summed E-state index contributed by atoms with van der Waals surface area (Å²) in [6.07, 6.45) is 0. The zero-order valence-electron chi connectivity index (χ0n) is 8.10. The third-order valence-corrected chi connectivity index (χ3v) is 3.30. The van der Waals surface area contributed by atoms with Crippen LogP contribution in [0.25, 0.3) is 0 Å². The number of rotatable bonds is 2. The van der Waals surface area contributed by atoms with E-state index >= 15 is 0 Å². The maximum atomic E-state index is 5.80. The van der Waals surface area contributed by atoms with E-state index in [9.17, 15) is 0 Å². The van der Waals surface area contributed by atoms with Crippen molar-refractivity contribution in [1.82, 2.24) is 0 Å². The monoisotopic (exact) mass is 256 g/mol. The smallest absolute Gasteiger partial charge is 0.180 e. The molecule has 1 nitrogen and oxygen atoms in total. The number of hydrogen-bond acceptors (Lipinski definition) is 1. The van der Waals surface area contributed by atoms with Gasteiger partial charge in [0.1, 0.15) is 11.4 Å². The molecule has 0 N–H and O–H groups in total. The van der Waals surface area contributed by atoms with E-state index in [1.165, 1.54) is 5.19 Å². The lowest BCUT2D eigenvalue weighted by Crippen LogP contribution is -2.27. The average Bonchev–Trinajstić information content (AvgIpc) is 2.02. The highest BCUT2D eigenvalue weighted by atomic mass is 79.9. The van der Waals surface area contributed by atoms with Crippen LogP contribution in [0.5, 0.6) is 5.75 Å². The maximum absolute atomic E-state index is 5.80. The number of para-hydroxylation sites is 1. The normalized spacial score (nSPS) is 11.4. The van der Waals surface area contributed by atoms with Gasteiger partial charge in [0.2, 0.25) is 0 Å². The molecule has 70 valence electrons. The van der Waals surface area contributed by atoms with Gasteiger partial charge in [-0.3, -0.25) is 0 Å². The summed E-state index contributed by atoms with van der Waals surface area (Å²) in [6.45, 7) is 6.17. The molecule has 1 rings (SSSR count). The topological polar surface area (TPSA) is 9.23 Å². The van der Waals surface area contributed by atoms with Crippen LogP contribution in [0.15, 0.2) is 24.3 Å². The standard InChI is InChI=1S/C10H13BrOSi/c1-10(2,3)12-8-6-4-5-7-9(8)13-11/h4-7H,1-3H3. The van der Waals surface area contributed by atoms with Gasteiger partial charge in [0.05, 0.1) is 0 Å². The molecule has 0 bridgehead atoms. The second-order valence-corrected chi connectivity index (χ2v) is 5.72. The van der Waals surface area contributed by atoms with Gasteiger partial charge < -0.3 is 4.74 Å².